The molecular formula is C6H6N2O2. The maximum absolute atomic E-state index is 9.65. The van der Waals surface area contributed by atoms with Gasteiger partial charge in [-0.25, -0.2) is 5.43 Å². The standard InChI is InChI=1S/C6H6N2O2/c9-6-4-2-1-3-5(6)7-8-10/h1-4,9H,(H,7,10). The molecule has 1 rings (SSSR count). The lowest BCUT2D eigenvalue weighted by Crippen LogP contribution is -1.84. The van der Waals surface area contributed by atoms with Gasteiger partial charge >= 0.3 is 0 Å². The van der Waals surface area contributed by atoms with E-state index in [0.717, 1.165) is 0 Å². The lowest BCUT2D eigenvalue weighted by molar-refractivity contribution is 0.477. The molecule has 0 aliphatic rings. The smallest absolute Gasteiger partial charge is 0.140 e. The molecule has 52 valence electrons. The maximum atomic E-state index is 9.65. The van der Waals surface area contributed by atoms with Crippen molar-refractivity contribution in [2.24, 2.45) is 5.29 Å². The number of rotatable bonds is 2. The third kappa shape index (κ3) is 1.22. The summed E-state index contributed by atoms with van der Waals surface area (Å²) in [5.41, 5.74) is 2.41. The van der Waals surface area contributed by atoms with Crippen LogP contribution in [-0.4, -0.2) is 5.11 Å². The van der Waals surface area contributed by atoms with Crippen molar-refractivity contribution < 1.29 is 5.11 Å². The fraction of sp³-hybridized carbons (Fsp3) is 0. The highest BCUT2D eigenvalue weighted by atomic mass is 16.3. The summed E-state index contributed by atoms with van der Waals surface area (Å²) in [6.07, 6.45) is 0. The third-order valence-electron chi connectivity index (χ3n) is 1.07. The SMILES string of the molecule is O=NNc1ccccc1O. The van der Waals surface area contributed by atoms with E-state index >= 15 is 0 Å². The molecule has 4 nitrogen and oxygen atoms in total. The van der Waals surface area contributed by atoms with E-state index in [1.165, 1.54) is 6.07 Å². The Kier molecular flexibility index (Phi) is 1.84. The van der Waals surface area contributed by atoms with Crippen molar-refractivity contribution >= 4 is 5.69 Å². The summed E-state index contributed by atoms with van der Waals surface area (Å²) in [6, 6.07) is 6.36. The van der Waals surface area contributed by atoms with Crippen LogP contribution in [0.15, 0.2) is 29.6 Å². The quantitative estimate of drug-likeness (QED) is 0.369. The van der Waals surface area contributed by atoms with Crippen LogP contribution < -0.4 is 5.43 Å². The van der Waals surface area contributed by atoms with Crippen LogP contribution in [0.5, 0.6) is 5.75 Å². The minimum Gasteiger partial charge on any atom is -0.506 e. The van der Waals surface area contributed by atoms with Gasteiger partial charge in [-0.05, 0) is 12.1 Å². The highest BCUT2D eigenvalue weighted by Gasteiger charge is 1.95. The Labute approximate surface area is 57.4 Å². The van der Waals surface area contributed by atoms with Crippen LogP contribution in [-0.2, 0) is 0 Å². The molecule has 0 saturated heterocycles. The molecule has 0 bridgehead atoms. The third-order valence-corrected chi connectivity index (χ3v) is 1.07. The van der Waals surface area contributed by atoms with E-state index < -0.39 is 0 Å². The number of phenolic OH excluding ortho intramolecular Hbond substituents is 1. The van der Waals surface area contributed by atoms with Crippen molar-refractivity contribution in [2.45, 2.75) is 0 Å². The summed E-state index contributed by atoms with van der Waals surface area (Å²) in [5.74, 6) is 0.0158. The van der Waals surface area contributed by atoms with Gasteiger partial charge in [0.25, 0.3) is 0 Å². The first-order chi connectivity index (χ1) is 4.84. The highest BCUT2D eigenvalue weighted by Crippen LogP contribution is 2.20. The molecule has 0 aliphatic heterocycles. The Morgan fingerprint density at radius 1 is 1.40 bits per heavy atom. The van der Waals surface area contributed by atoms with Gasteiger partial charge < -0.3 is 5.11 Å². The van der Waals surface area contributed by atoms with Gasteiger partial charge in [0.15, 0.2) is 0 Å². The van der Waals surface area contributed by atoms with E-state index in [1.54, 1.807) is 18.2 Å². The van der Waals surface area contributed by atoms with Crippen LogP contribution in [0, 0.1) is 4.91 Å². The highest BCUT2D eigenvalue weighted by molar-refractivity contribution is 5.54. The molecule has 2 N–H and O–H groups in total. The Morgan fingerprint density at radius 2 is 2.10 bits per heavy atom. The van der Waals surface area contributed by atoms with E-state index in [2.05, 4.69) is 10.7 Å². The van der Waals surface area contributed by atoms with Crippen LogP contribution in [0.25, 0.3) is 0 Å². The summed E-state index contributed by atoms with van der Waals surface area (Å²) in [5, 5.41) is 11.4. The summed E-state index contributed by atoms with van der Waals surface area (Å²) < 4.78 is 0. The zero-order valence-corrected chi connectivity index (χ0v) is 5.11. The van der Waals surface area contributed by atoms with Gasteiger partial charge in [-0.1, -0.05) is 12.1 Å². The Balaban J connectivity index is 2.91. The summed E-state index contributed by atoms with van der Waals surface area (Å²) in [7, 11) is 0. The van der Waals surface area contributed by atoms with Gasteiger partial charge in [0.1, 0.15) is 11.4 Å². The summed E-state index contributed by atoms with van der Waals surface area (Å²) >= 11 is 0. The number of para-hydroxylation sites is 2. The molecule has 1 aromatic rings. The fourth-order valence-electron chi connectivity index (χ4n) is 0.617. The van der Waals surface area contributed by atoms with E-state index in [1.807, 2.05) is 0 Å². The molecule has 0 spiro atoms. The molecule has 0 aliphatic carbocycles. The molecular weight excluding hydrogens is 132 g/mol. The molecule has 0 fully saturated rings. The molecule has 0 radical (unpaired) electrons. The molecule has 4 heteroatoms. The van der Waals surface area contributed by atoms with Gasteiger partial charge in [-0.2, -0.15) is 0 Å². The Morgan fingerprint density at radius 3 is 2.70 bits per heavy atom. The van der Waals surface area contributed by atoms with Crippen molar-refractivity contribution in [2.75, 3.05) is 5.43 Å². The van der Waals surface area contributed by atoms with Gasteiger partial charge in [-0.15, -0.1) is 4.91 Å². The van der Waals surface area contributed by atoms with Crippen molar-refractivity contribution in [3.8, 4) is 5.75 Å². The predicted octanol–water partition coefficient (Wildman–Crippen LogP) is 1.49. The van der Waals surface area contributed by atoms with Crippen molar-refractivity contribution in [1.29, 1.82) is 0 Å². The fourth-order valence-corrected chi connectivity index (χ4v) is 0.617. The number of nitrogens with zero attached hydrogens (tertiary/aromatic N) is 1. The van der Waals surface area contributed by atoms with Gasteiger partial charge in [-0.3, -0.25) is 0 Å². The average molecular weight is 138 g/mol. The van der Waals surface area contributed by atoms with Gasteiger partial charge in [0, 0.05) is 0 Å². The molecule has 0 amide bonds. The van der Waals surface area contributed by atoms with Gasteiger partial charge in [0.05, 0.1) is 5.29 Å². The number of hydrogen-bond donors (Lipinski definition) is 2. The Hall–Kier alpha value is -1.58. The molecule has 0 saturated carbocycles. The lowest BCUT2D eigenvalue weighted by Gasteiger charge is -1.97. The Bertz CT molecular complexity index is 237. The minimum atomic E-state index is 0.0158. The van der Waals surface area contributed by atoms with Gasteiger partial charge in [0.2, 0.25) is 0 Å². The topological polar surface area (TPSA) is 61.7 Å². The molecule has 0 heterocycles. The first-order valence-electron chi connectivity index (χ1n) is 2.71. The number of nitrogens with one attached hydrogen (secondary N) is 1. The predicted molar refractivity (Wildman–Crippen MR) is 37.5 cm³/mol. The van der Waals surface area contributed by atoms with E-state index in [4.69, 9.17) is 5.11 Å². The van der Waals surface area contributed by atoms with E-state index in [0.29, 0.717) is 5.69 Å². The second-order valence-electron chi connectivity index (χ2n) is 1.72. The first kappa shape index (κ1) is 6.54. The average Bonchev–Trinajstić information content (AvgIpc) is 1.94. The van der Waals surface area contributed by atoms with Crippen LogP contribution in [0.1, 0.15) is 0 Å². The minimum absolute atomic E-state index is 0.0158. The van der Waals surface area contributed by atoms with Crippen LogP contribution in [0.3, 0.4) is 0 Å². The van der Waals surface area contributed by atoms with Crippen LogP contribution in [0.4, 0.5) is 5.69 Å². The first-order valence-corrected chi connectivity index (χ1v) is 2.71. The van der Waals surface area contributed by atoms with E-state index in [9.17, 15) is 4.91 Å². The normalized spacial score (nSPS) is 8.80. The number of benzene rings is 1. The zero-order chi connectivity index (χ0) is 7.40. The lowest BCUT2D eigenvalue weighted by atomic mass is 10.3. The monoisotopic (exact) mass is 138 g/mol. The van der Waals surface area contributed by atoms with Crippen molar-refractivity contribution in [1.82, 2.24) is 0 Å². The molecule has 1 aromatic carbocycles. The second kappa shape index (κ2) is 2.82. The molecule has 0 unspecified atom stereocenters. The molecule has 0 aromatic heterocycles. The number of nitroso groups, excluding NO2 is 1. The van der Waals surface area contributed by atoms with Crippen molar-refractivity contribution in [3.05, 3.63) is 29.2 Å². The summed E-state index contributed by atoms with van der Waals surface area (Å²) in [6.45, 7) is 0. The molecule has 0 atom stereocenters. The molecule has 10 heavy (non-hydrogen) atoms. The number of hydrogen-bond acceptors (Lipinski definition) is 3. The van der Waals surface area contributed by atoms with E-state index in [-0.39, 0.29) is 5.75 Å². The second-order valence-corrected chi connectivity index (χ2v) is 1.72. The largest absolute Gasteiger partial charge is 0.506 e. The maximum Gasteiger partial charge on any atom is 0.140 e. The number of aromatic hydroxyl groups is 1. The zero-order valence-electron chi connectivity index (χ0n) is 5.11. The van der Waals surface area contributed by atoms with Crippen LogP contribution >= 0.6 is 0 Å². The van der Waals surface area contributed by atoms with Crippen molar-refractivity contribution in [3.63, 3.8) is 0 Å². The number of anilines is 1. The van der Waals surface area contributed by atoms with Crippen LogP contribution in [0.2, 0.25) is 0 Å². The number of phenols is 1. The summed E-state index contributed by atoms with van der Waals surface area (Å²) in [4.78, 5) is 9.65.